The summed E-state index contributed by atoms with van der Waals surface area (Å²) in [4.78, 5) is 56.6. The number of thioether (sulfide) groups is 1. The molecule has 15 nitrogen and oxygen atoms in total. The summed E-state index contributed by atoms with van der Waals surface area (Å²) in [6.07, 6.45) is 3.05. The lowest BCUT2D eigenvalue weighted by atomic mass is 9.88. The van der Waals surface area contributed by atoms with Crippen LogP contribution in [0.15, 0.2) is 18.2 Å². The summed E-state index contributed by atoms with van der Waals surface area (Å²) in [5.74, 6) is -2.64. The molecule has 2 saturated heterocycles. The maximum Gasteiger partial charge on any atom is 0.333 e. The molecule has 2 aromatic heterocycles. The fraction of sp³-hybridized carbons (Fsp3) is 0.520. The Morgan fingerprint density at radius 3 is 2.41 bits per heavy atom. The second-order valence-corrected chi connectivity index (χ2v) is 11.2. The topological polar surface area (TPSA) is 224 Å². The van der Waals surface area contributed by atoms with Crippen molar-refractivity contribution in [3.8, 4) is 29.3 Å². The normalized spacial score (nSPS) is 21.1. The van der Waals surface area contributed by atoms with Crippen molar-refractivity contribution in [1.82, 2.24) is 25.7 Å². The van der Waals surface area contributed by atoms with Crippen LogP contribution in [0.5, 0.6) is 29.3 Å². The van der Waals surface area contributed by atoms with Gasteiger partial charge >= 0.3 is 18.0 Å². The first-order chi connectivity index (χ1) is 19.6. The molecule has 2 aromatic rings. The predicted octanol–water partition coefficient (Wildman–Crippen LogP) is 0.972. The number of carbonyl (C=O) groups is 4. The zero-order chi connectivity index (χ0) is 29.6. The number of hydrogen-bond acceptors (Lipinski definition) is 11. The van der Waals surface area contributed by atoms with Crippen molar-refractivity contribution in [3.63, 3.8) is 0 Å². The van der Waals surface area contributed by atoms with Crippen molar-refractivity contribution in [1.29, 1.82) is 0 Å². The Hall–Kier alpha value is -4.21. The van der Waals surface area contributed by atoms with Gasteiger partial charge in [-0.25, -0.2) is 9.59 Å². The van der Waals surface area contributed by atoms with Crippen molar-refractivity contribution in [2.24, 2.45) is 0 Å². The van der Waals surface area contributed by atoms with Gasteiger partial charge in [-0.2, -0.15) is 0 Å². The molecule has 8 N–H and O–H groups in total. The Morgan fingerprint density at radius 1 is 1.00 bits per heavy atom. The third-order valence-corrected chi connectivity index (χ3v) is 8.58. The van der Waals surface area contributed by atoms with Crippen LogP contribution in [-0.2, 0) is 14.4 Å². The average Bonchev–Trinajstić information content (AvgIpc) is 3.64. The van der Waals surface area contributed by atoms with Crippen molar-refractivity contribution in [2.45, 2.75) is 68.2 Å². The maximum atomic E-state index is 13.4. The van der Waals surface area contributed by atoms with Crippen molar-refractivity contribution in [2.75, 3.05) is 12.3 Å². The fourth-order valence-electron chi connectivity index (χ4n) is 4.88. The summed E-state index contributed by atoms with van der Waals surface area (Å²) in [5, 5.41) is 46.6. The van der Waals surface area contributed by atoms with E-state index in [1.807, 2.05) is 0 Å². The van der Waals surface area contributed by atoms with Crippen LogP contribution < -0.4 is 25.5 Å². The minimum Gasteiger partial charge on any atom is -0.494 e. The van der Waals surface area contributed by atoms with Crippen LogP contribution in [0, 0.1) is 0 Å². The van der Waals surface area contributed by atoms with E-state index < -0.39 is 40.4 Å². The van der Waals surface area contributed by atoms with Crippen LogP contribution in [0.1, 0.15) is 51.4 Å². The third kappa shape index (κ3) is 7.11. The van der Waals surface area contributed by atoms with Crippen LogP contribution in [0.3, 0.4) is 0 Å². The molecule has 0 aromatic carbocycles. The van der Waals surface area contributed by atoms with E-state index in [2.05, 4.69) is 20.9 Å². The summed E-state index contributed by atoms with van der Waals surface area (Å²) in [6, 6.07) is 2.53. The van der Waals surface area contributed by atoms with Crippen LogP contribution in [0.2, 0.25) is 0 Å². The minimum absolute atomic E-state index is 0.0262. The van der Waals surface area contributed by atoms with Crippen LogP contribution in [-0.4, -0.2) is 83.1 Å². The molecule has 2 aliphatic heterocycles. The Morgan fingerprint density at radius 2 is 1.71 bits per heavy atom. The van der Waals surface area contributed by atoms with Gasteiger partial charge in [0.1, 0.15) is 4.75 Å². The number of aromatic hydroxyl groups is 4. The highest BCUT2D eigenvalue weighted by Gasteiger charge is 2.57. The molecule has 41 heavy (non-hydrogen) atoms. The molecule has 2 fully saturated rings. The highest BCUT2D eigenvalue weighted by Crippen LogP contribution is 2.44. The van der Waals surface area contributed by atoms with Crippen molar-refractivity contribution in [3.05, 3.63) is 18.2 Å². The lowest BCUT2D eigenvalue weighted by Gasteiger charge is -2.32. The highest BCUT2D eigenvalue weighted by atomic mass is 32.2. The van der Waals surface area contributed by atoms with Crippen LogP contribution >= 0.6 is 11.8 Å². The molecular formula is C25H33N5O10S. The number of hydrogen-bond donors (Lipinski definition) is 8. The summed E-state index contributed by atoms with van der Waals surface area (Å²) in [7, 11) is 0. The second-order valence-electron chi connectivity index (χ2n) is 9.83. The molecule has 0 radical (unpaired) electrons. The molecule has 0 aliphatic carbocycles. The third-order valence-electron chi connectivity index (χ3n) is 6.90. The molecule has 2 aliphatic rings. The smallest absolute Gasteiger partial charge is 0.333 e. The van der Waals surface area contributed by atoms with Gasteiger partial charge in [0.2, 0.25) is 23.5 Å². The first-order valence-corrected chi connectivity index (χ1v) is 14.2. The van der Waals surface area contributed by atoms with E-state index in [9.17, 15) is 39.6 Å². The van der Waals surface area contributed by atoms with Gasteiger partial charge in [0.15, 0.2) is 11.6 Å². The average molecular weight is 596 g/mol. The first-order valence-electron chi connectivity index (χ1n) is 13.2. The molecule has 16 heteroatoms. The number of H-pyrrole nitrogens is 1. The summed E-state index contributed by atoms with van der Waals surface area (Å²) < 4.78 is 4.75. The standard InChI is InChI=1S/C25H33N5O10S/c31-16-12-15(22(36)28-16)39-19(34)6-3-4-10-25(21-14(13-41-25)27-24(38)29-21)23(37)26-11-5-1-2-7-20(35)40-30-17(32)8-9-18(30)33/h8-9,12,14,21,28,31-33,36H,1-7,10-11,13H2,(H,26,37)(H2,27,29,38)/t14-,21-,25-/m0/s1. The maximum absolute atomic E-state index is 13.4. The predicted molar refractivity (Wildman–Crippen MR) is 143 cm³/mol. The van der Waals surface area contributed by atoms with Gasteiger partial charge in [-0.05, 0) is 25.7 Å². The van der Waals surface area contributed by atoms with E-state index in [0.717, 1.165) is 6.07 Å². The number of fused-ring (bicyclic) bond motifs is 1. The number of carbonyl (C=O) groups excluding carboxylic acids is 4. The van der Waals surface area contributed by atoms with Crippen LogP contribution in [0.25, 0.3) is 0 Å². The minimum atomic E-state index is -0.928. The lowest BCUT2D eigenvalue weighted by molar-refractivity contribution is -0.145. The summed E-state index contributed by atoms with van der Waals surface area (Å²) in [5.41, 5.74) is 0. The van der Waals surface area contributed by atoms with Crippen molar-refractivity contribution >= 4 is 35.6 Å². The molecule has 0 bridgehead atoms. The number of urea groups is 1. The van der Waals surface area contributed by atoms with E-state index in [1.54, 1.807) is 0 Å². The number of ether oxygens (including phenoxy) is 1. The molecule has 0 spiro atoms. The number of unbranched alkanes of at least 4 members (excludes halogenated alkanes) is 3. The molecule has 4 rings (SSSR count). The van der Waals surface area contributed by atoms with E-state index in [-0.39, 0.29) is 42.5 Å². The number of amides is 3. The van der Waals surface area contributed by atoms with Gasteiger partial charge in [0.25, 0.3) is 0 Å². The number of esters is 1. The number of nitrogens with one attached hydrogen (secondary N) is 4. The van der Waals surface area contributed by atoms with Gasteiger partial charge in [-0.3, -0.25) is 14.6 Å². The fourth-order valence-corrected chi connectivity index (χ4v) is 6.52. The van der Waals surface area contributed by atoms with Gasteiger partial charge in [-0.15, -0.1) is 16.5 Å². The molecule has 3 atom stereocenters. The number of nitrogens with zero attached hydrogens (tertiary/aromatic N) is 1. The Bertz CT molecular complexity index is 1260. The van der Waals surface area contributed by atoms with E-state index in [4.69, 9.17) is 9.57 Å². The van der Waals surface area contributed by atoms with Gasteiger partial charge < -0.3 is 46.0 Å². The second kappa shape index (κ2) is 13.0. The Labute approximate surface area is 238 Å². The Kier molecular flexibility index (Phi) is 9.42. The molecule has 0 unspecified atom stereocenters. The van der Waals surface area contributed by atoms with Gasteiger partial charge in [-0.1, -0.05) is 12.8 Å². The van der Waals surface area contributed by atoms with E-state index in [1.165, 1.54) is 23.9 Å². The zero-order valence-corrected chi connectivity index (χ0v) is 22.9. The monoisotopic (exact) mass is 595 g/mol. The summed E-state index contributed by atoms with van der Waals surface area (Å²) >= 11 is 1.46. The largest absolute Gasteiger partial charge is 0.494 e. The van der Waals surface area contributed by atoms with E-state index in [0.29, 0.717) is 55.6 Å². The van der Waals surface area contributed by atoms with Crippen LogP contribution in [0.4, 0.5) is 4.79 Å². The van der Waals surface area contributed by atoms with E-state index >= 15 is 0 Å². The SMILES string of the molecule is O=C1N[C@H]2CS[C@](CCCCC(=O)Oc3cc(O)[nH]c3O)(C(=O)NCCCCCC(=O)On3c(O)ccc3O)[C@H]2N1. The molecule has 3 amide bonds. The number of aromatic nitrogens is 2. The molecule has 224 valence electrons. The first kappa shape index (κ1) is 29.8. The lowest BCUT2D eigenvalue weighted by Crippen LogP contribution is -2.56. The van der Waals surface area contributed by atoms with Crippen molar-refractivity contribution < 1.29 is 49.2 Å². The zero-order valence-electron chi connectivity index (χ0n) is 22.1. The quantitative estimate of drug-likeness (QED) is 0.0872. The molecule has 4 heterocycles. The Balaban J connectivity index is 1.21. The molecular weight excluding hydrogens is 562 g/mol. The number of aromatic amines is 1. The molecule has 0 saturated carbocycles. The van der Waals surface area contributed by atoms with Gasteiger partial charge in [0.05, 0.1) is 12.1 Å². The summed E-state index contributed by atoms with van der Waals surface area (Å²) in [6.45, 7) is 0.355. The van der Waals surface area contributed by atoms with Gasteiger partial charge in [0, 0.05) is 43.3 Å². The highest BCUT2D eigenvalue weighted by molar-refractivity contribution is 8.01. The number of rotatable bonds is 14.